The van der Waals surface area contributed by atoms with E-state index >= 15 is 0 Å². The molecule has 29 heavy (non-hydrogen) atoms. The second kappa shape index (κ2) is 8.50. The van der Waals surface area contributed by atoms with Crippen LogP contribution >= 0.6 is 24.2 Å². The molecule has 4 rings (SSSR count). The molecule has 0 aliphatic carbocycles. The van der Waals surface area contributed by atoms with Gasteiger partial charge in [-0.1, -0.05) is 29.8 Å². The third kappa shape index (κ3) is 3.71. The van der Waals surface area contributed by atoms with E-state index in [9.17, 15) is 0 Å². The number of aryl methyl sites for hydroxylation is 1. The fourth-order valence-electron chi connectivity index (χ4n) is 4.11. The van der Waals surface area contributed by atoms with Crippen molar-refractivity contribution < 1.29 is 4.74 Å². The van der Waals surface area contributed by atoms with E-state index in [0.717, 1.165) is 64.6 Å². The van der Waals surface area contributed by atoms with Crippen LogP contribution in [0.25, 0.3) is 11.0 Å². The molecule has 3 heterocycles. The number of halogens is 1. The fourth-order valence-corrected chi connectivity index (χ4v) is 4.66. The molecule has 0 saturated heterocycles. The van der Waals surface area contributed by atoms with Gasteiger partial charge in [-0.05, 0) is 49.4 Å². The number of benzene rings is 1. The Morgan fingerprint density at radius 1 is 1.31 bits per heavy atom. The Kier molecular flexibility index (Phi) is 5.99. The highest BCUT2D eigenvalue weighted by atomic mass is 35.5. The van der Waals surface area contributed by atoms with Crippen molar-refractivity contribution in [3.8, 4) is 0 Å². The first-order chi connectivity index (χ1) is 14.1. The van der Waals surface area contributed by atoms with Crippen LogP contribution in [0.15, 0.2) is 18.2 Å². The number of methoxy groups -OCH3 is 1. The van der Waals surface area contributed by atoms with Crippen LogP contribution in [-0.2, 0) is 16.9 Å². The van der Waals surface area contributed by atoms with Gasteiger partial charge in [0.15, 0.2) is 11.3 Å². The predicted molar refractivity (Wildman–Crippen MR) is 121 cm³/mol. The van der Waals surface area contributed by atoms with Gasteiger partial charge in [-0.15, -0.1) is 5.10 Å². The summed E-state index contributed by atoms with van der Waals surface area (Å²) in [6.45, 7) is 5.70. The number of anilines is 2. The van der Waals surface area contributed by atoms with Crippen molar-refractivity contribution in [1.29, 1.82) is 0 Å². The number of nitrogens with zero attached hydrogens (tertiary/aromatic N) is 5. The Hall–Kier alpha value is -1.83. The number of aromatic nitrogens is 4. The third-order valence-electron chi connectivity index (χ3n) is 5.56. The number of pyridine rings is 1. The second-order valence-corrected chi connectivity index (χ2v) is 8.20. The summed E-state index contributed by atoms with van der Waals surface area (Å²) >= 11 is 11.1. The summed E-state index contributed by atoms with van der Waals surface area (Å²) in [5.41, 5.74) is 6.15. The van der Waals surface area contributed by atoms with Gasteiger partial charge < -0.3 is 9.64 Å². The number of thiol groups is 1. The van der Waals surface area contributed by atoms with E-state index in [-0.39, 0.29) is 6.04 Å². The minimum atomic E-state index is 0.238. The average molecular weight is 432 g/mol. The smallest absolute Gasteiger partial charge is 0.163 e. The van der Waals surface area contributed by atoms with Gasteiger partial charge in [0, 0.05) is 31.7 Å². The molecule has 1 aliphatic heterocycles. The molecular formula is C21H26ClN5OS. The molecule has 0 radical (unpaired) electrons. The molecule has 1 aromatic carbocycles. The molecule has 0 bridgehead atoms. The molecule has 1 atom stereocenters. The van der Waals surface area contributed by atoms with E-state index in [0.29, 0.717) is 12.4 Å². The van der Waals surface area contributed by atoms with Crippen LogP contribution in [0.3, 0.4) is 0 Å². The largest absolute Gasteiger partial charge is 0.385 e. The topological polar surface area (TPSA) is 56.1 Å². The number of fused-ring (bicyclic) bond motifs is 2. The maximum Gasteiger partial charge on any atom is 0.163 e. The maximum absolute atomic E-state index is 6.67. The van der Waals surface area contributed by atoms with E-state index in [1.807, 2.05) is 17.7 Å². The quantitative estimate of drug-likeness (QED) is 0.539. The van der Waals surface area contributed by atoms with Crippen LogP contribution in [0.5, 0.6) is 0 Å². The molecule has 0 spiro atoms. The van der Waals surface area contributed by atoms with Crippen molar-refractivity contribution in [3.05, 3.63) is 40.0 Å². The van der Waals surface area contributed by atoms with Crippen molar-refractivity contribution in [2.45, 2.75) is 44.9 Å². The lowest BCUT2D eigenvalue weighted by Crippen LogP contribution is -2.16. The molecule has 0 fully saturated rings. The first kappa shape index (κ1) is 20.4. The van der Waals surface area contributed by atoms with Gasteiger partial charge >= 0.3 is 0 Å². The molecule has 3 aromatic rings. The number of ether oxygens (including phenoxy) is 1. The van der Waals surface area contributed by atoms with E-state index in [4.69, 9.17) is 21.3 Å². The first-order valence-electron chi connectivity index (χ1n) is 9.98. The summed E-state index contributed by atoms with van der Waals surface area (Å²) < 4.78 is 7.30. The summed E-state index contributed by atoms with van der Waals surface area (Å²) in [5, 5.41) is 9.77. The molecule has 0 amide bonds. The molecule has 6 nitrogen and oxygen atoms in total. The highest BCUT2D eigenvalue weighted by Gasteiger charge is 2.28. The summed E-state index contributed by atoms with van der Waals surface area (Å²) in [6, 6.07) is 6.49. The zero-order valence-electron chi connectivity index (χ0n) is 17.0. The first-order valence-corrected chi connectivity index (χ1v) is 11.0. The lowest BCUT2D eigenvalue weighted by molar-refractivity contribution is 0.175. The second-order valence-electron chi connectivity index (χ2n) is 7.48. The molecule has 1 aliphatic rings. The Morgan fingerprint density at radius 2 is 2.14 bits per heavy atom. The highest BCUT2D eigenvalue weighted by Crippen LogP contribution is 2.42. The zero-order chi connectivity index (χ0) is 20.5. The minimum Gasteiger partial charge on any atom is -0.385 e. The Bertz CT molecular complexity index is 1040. The Balaban J connectivity index is 1.81. The van der Waals surface area contributed by atoms with Gasteiger partial charge in [-0.3, -0.25) is 0 Å². The normalized spacial score (nSPS) is 14.6. The van der Waals surface area contributed by atoms with Crippen molar-refractivity contribution in [2.75, 3.05) is 25.2 Å². The fraction of sp³-hybridized carbons (Fsp3) is 0.476. The van der Waals surface area contributed by atoms with Crippen LogP contribution in [0.4, 0.5) is 11.5 Å². The number of hydrogen-bond acceptors (Lipinski definition) is 6. The van der Waals surface area contributed by atoms with Crippen LogP contribution in [0.1, 0.15) is 42.6 Å². The van der Waals surface area contributed by atoms with Gasteiger partial charge in [0.25, 0.3) is 0 Å². The van der Waals surface area contributed by atoms with E-state index in [2.05, 4.69) is 46.9 Å². The molecule has 8 heteroatoms. The van der Waals surface area contributed by atoms with Crippen molar-refractivity contribution in [3.63, 3.8) is 0 Å². The van der Waals surface area contributed by atoms with E-state index in [1.165, 1.54) is 5.56 Å². The Labute approximate surface area is 181 Å². The van der Waals surface area contributed by atoms with Crippen LogP contribution in [0.2, 0.25) is 5.02 Å². The maximum atomic E-state index is 6.67. The SMILES string of the molecule is CCC(CCOC)n1nnc2c(N3CCc4cc(CS)cc(Cl)c43)nc(C)cc21. The average Bonchev–Trinajstić information content (AvgIpc) is 3.33. The molecule has 154 valence electrons. The van der Waals surface area contributed by atoms with E-state index in [1.54, 1.807) is 7.11 Å². The number of rotatable bonds is 7. The van der Waals surface area contributed by atoms with Crippen LogP contribution in [-0.4, -0.2) is 40.2 Å². The van der Waals surface area contributed by atoms with Crippen LogP contribution < -0.4 is 4.90 Å². The zero-order valence-corrected chi connectivity index (χ0v) is 18.7. The summed E-state index contributed by atoms with van der Waals surface area (Å²) in [4.78, 5) is 7.02. The summed E-state index contributed by atoms with van der Waals surface area (Å²) in [6.07, 6.45) is 2.78. The standard InChI is InChI=1S/C21H26ClN5OS/c1-4-16(6-8-28-3)27-18-9-13(2)23-21(19(18)24-25-27)26-7-5-15-10-14(12-29)11-17(22)20(15)26/h9-11,16,29H,4-8,12H2,1-3H3. The van der Waals surface area contributed by atoms with Gasteiger partial charge in [0.2, 0.25) is 0 Å². The van der Waals surface area contributed by atoms with Gasteiger partial charge in [0.05, 0.1) is 22.3 Å². The summed E-state index contributed by atoms with van der Waals surface area (Å²) in [5.74, 6) is 1.50. The lowest BCUT2D eigenvalue weighted by atomic mass is 10.1. The lowest BCUT2D eigenvalue weighted by Gasteiger charge is -2.21. The molecular weight excluding hydrogens is 406 g/mol. The molecule has 1 unspecified atom stereocenters. The molecule has 2 aromatic heterocycles. The van der Waals surface area contributed by atoms with Crippen molar-refractivity contribution >= 4 is 46.8 Å². The Morgan fingerprint density at radius 3 is 2.86 bits per heavy atom. The van der Waals surface area contributed by atoms with E-state index < -0.39 is 0 Å². The number of hydrogen-bond donors (Lipinski definition) is 1. The summed E-state index contributed by atoms with van der Waals surface area (Å²) in [7, 11) is 1.73. The minimum absolute atomic E-state index is 0.238. The van der Waals surface area contributed by atoms with Gasteiger partial charge in [-0.2, -0.15) is 12.6 Å². The van der Waals surface area contributed by atoms with Gasteiger partial charge in [-0.25, -0.2) is 9.67 Å². The highest BCUT2D eigenvalue weighted by molar-refractivity contribution is 7.79. The predicted octanol–water partition coefficient (Wildman–Crippen LogP) is 4.90. The van der Waals surface area contributed by atoms with Crippen molar-refractivity contribution in [2.24, 2.45) is 0 Å². The van der Waals surface area contributed by atoms with Gasteiger partial charge in [0.1, 0.15) is 0 Å². The molecule has 0 N–H and O–H groups in total. The van der Waals surface area contributed by atoms with Crippen molar-refractivity contribution in [1.82, 2.24) is 20.0 Å². The monoisotopic (exact) mass is 431 g/mol. The molecule has 0 saturated carbocycles. The third-order valence-corrected chi connectivity index (χ3v) is 6.21. The van der Waals surface area contributed by atoms with Crippen LogP contribution in [0, 0.1) is 6.92 Å².